The molecule has 1 aliphatic rings. The summed E-state index contributed by atoms with van der Waals surface area (Å²) in [5, 5.41) is 4.54. The molecular formula is C21H28N4O5. The van der Waals surface area contributed by atoms with Gasteiger partial charge in [-0.25, -0.2) is 14.3 Å². The summed E-state index contributed by atoms with van der Waals surface area (Å²) in [5.41, 5.74) is 0.832. The van der Waals surface area contributed by atoms with Crippen LogP contribution in [0.1, 0.15) is 52.2 Å². The van der Waals surface area contributed by atoms with Crippen molar-refractivity contribution in [3.63, 3.8) is 0 Å². The van der Waals surface area contributed by atoms with Crippen LogP contribution in [0.3, 0.4) is 0 Å². The maximum absolute atomic E-state index is 12.8. The average molecular weight is 416 g/mol. The number of piperidine rings is 1. The van der Waals surface area contributed by atoms with Crippen LogP contribution in [-0.2, 0) is 22.6 Å². The summed E-state index contributed by atoms with van der Waals surface area (Å²) in [4.78, 5) is 38.7. The highest BCUT2D eigenvalue weighted by molar-refractivity contribution is 5.96. The molecule has 1 amide bonds. The molecule has 0 unspecified atom stereocenters. The molecule has 0 aliphatic carbocycles. The third-order valence-electron chi connectivity index (χ3n) is 5.48. The predicted molar refractivity (Wildman–Crippen MR) is 110 cm³/mol. The molecule has 1 fully saturated rings. The van der Waals surface area contributed by atoms with E-state index in [-0.39, 0.29) is 17.5 Å². The Morgan fingerprint density at radius 1 is 1.10 bits per heavy atom. The second-order valence-electron chi connectivity index (χ2n) is 7.24. The molecule has 2 aromatic rings. The molecule has 1 aliphatic heterocycles. The molecule has 0 spiro atoms. The SMILES string of the molecule is CCn1c(C2CCN(C(=O)c3ccc(C(=O)OC)cc3)CC2)nn(CCOC)c1=O. The van der Waals surface area contributed by atoms with Crippen molar-refractivity contribution in [2.45, 2.75) is 38.8 Å². The topological polar surface area (TPSA) is 95.7 Å². The van der Waals surface area contributed by atoms with Gasteiger partial charge in [0.2, 0.25) is 0 Å². The lowest BCUT2D eigenvalue weighted by molar-refractivity contribution is 0.0599. The average Bonchev–Trinajstić information content (AvgIpc) is 3.12. The fraction of sp³-hybridized carbons (Fsp3) is 0.524. The van der Waals surface area contributed by atoms with Gasteiger partial charge < -0.3 is 14.4 Å². The molecule has 162 valence electrons. The Hall–Kier alpha value is -2.94. The summed E-state index contributed by atoms with van der Waals surface area (Å²) in [5.74, 6) is 0.422. The molecule has 1 saturated heterocycles. The Kier molecular flexibility index (Phi) is 7.04. The van der Waals surface area contributed by atoms with Gasteiger partial charge in [0, 0.05) is 38.2 Å². The van der Waals surface area contributed by atoms with Crippen molar-refractivity contribution in [2.24, 2.45) is 0 Å². The first-order valence-corrected chi connectivity index (χ1v) is 10.1. The van der Waals surface area contributed by atoms with Gasteiger partial charge in [0.25, 0.3) is 5.91 Å². The van der Waals surface area contributed by atoms with Crippen LogP contribution in [0.25, 0.3) is 0 Å². The molecule has 0 radical (unpaired) electrons. The summed E-state index contributed by atoms with van der Waals surface area (Å²) in [6.45, 7) is 4.53. The van der Waals surface area contributed by atoms with E-state index in [9.17, 15) is 14.4 Å². The van der Waals surface area contributed by atoms with Crippen LogP contribution in [0.2, 0.25) is 0 Å². The Morgan fingerprint density at radius 2 is 1.73 bits per heavy atom. The zero-order valence-corrected chi connectivity index (χ0v) is 17.7. The van der Waals surface area contributed by atoms with Gasteiger partial charge in [0.1, 0.15) is 5.82 Å². The van der Waals surface area contributed by atoms with Crippen LogP contribution >= 0.6 is 0 Å². The van der Waals surface area contributed by atoms with Crippen molar-refractivity contribution >= 4 is 11.9 Å². The van der Waals surface area contributed by atoms with E-state index < -0.39 is 5.97 Å². The van der Waals surface area contributed by atoms with E-state index in [0.717, 1.165) is 18.7 Å². The molecule has 1 aromatic carbocycles. The summed E-state index contributed by atoms with van der Waals surface area (Å²) in [6.07, 6.45) is 1.49. The van der Waals surface area contributed by atoms with Crippen molar-refractivity contribution in [3.05, 3.63) is 51.7 Å². The molecule has 9 heteroatoms. The minimum atomic E-state index is -0.429. The monoisotopic (exact) mass is 416 g/mol. The lowest BCUT2D eigenvalue weighted by atomic mass is 9.95. The lowest BCUT2D eigenvalue weighted by Gasteiger charge is -2.31. The van der Waals surface area contributed by atoms with Crippen molar-refractivity contribution in [1.82, 2.24) is 19.2 Å². The van der Waals surface area contributed by atoms with Gasteiger partial charge in [-0.15, -0.1) is 0 Å². The Bertz CT molecular complexity index is 939. The third-order valence-corrected chi connectivity index (χ3v) is 5.48. The maximum Gasteiger partial charge on any atom is 0.345 e. The maximum atomic E-state index is 12.8. The van der Waals surface area contributed by atoms with E-state index in [0.29, 0.717) is 43.9 Å². The number of hydrogen-bond acceptors (Lipinski definition) is 6. The number of ether oxygens (including phenoxy) is 2. The summed E-state index contributed by atoms with van der Waals surface area (Å²) in [6, 6.07) is 6.48. The number of benzene rings is 1. The Labute approximate surface area is 175 Å². The van der Waals surface area contributed by atoms with E-state index in [4.69, 9.17) is 4.74 Å². The van der Waals surface area contributed by atoms with Crippen molar-refractivity contribution in [2.75, 3.05) is 33.9 Å². The standard InChI is InChI=1S/C21H28N4O5/c1-4-24-18(22-25(21(24)28)13-14-29-2)15-9-11-23(12-10-15)19(26)16-5-7-17(8-6-16)20(27)30-3/h5-8,15H,4,9-14H2,1-3H3. The second-order valence-corrected chi connectivity index (χ2v) is 7.24. The van der Waals surface area contributed by atoms with Crippen LogP contribution in [0.15, 0.2) is 29.1 Å². The number of esters is 1. The molecule has 0 atom stereocenters. The molecule has 0 N–H and O–H groups in total. The molecule has 30 heavy (non-hydrogen) atoms. The van der Waals surface area contributed by atoms with E-state index in [1.807, 2.05) is 6.92 Å². The quantitative estimate of drug-likeness (QED) is 0.635. The summed E-state index contributed by atoms with van der Waals surface area (Å²) >= 11 is 0. The van der Waals surface area contributed by atoms with Gasteiger partial charge in [0.15, 0.2) is 0 Å². The number of amides is 1. The normalized spacial score (nSPS) is 14.7. The van der Waals surface area contributed by atoms with E-state index in [1.165, 1.54) is 11.8 Å². The third kappa shape index (κ3) is 4.46. The highest BCUT2D eigenvalue weighted by atomic mass is 16.5. The molecule has 3 rings (SSSR count). The fourth-order valence-corrected chi connectivity index (χ4v) is 3.77. The number of carbonyl (C=O) groups is 2. The van der Waals surface area contributed by atoms with Crippen LogP contribution in [0.4, 0.5) is 0 Å². The summed E-state index contributed by atoms with van der Waals surface area (Å²) < 4.78 is 12.9. The van der Waals surface area contributed by atoms with E-state index in [2.05, 4.69) is 9.84 Å². The van der Waals surface area contributed by atoms with E-state index in [1.54, 1.807) is 40.8 Å². The first kappa shape index (κ1) is 21.8. The molecule has 2 heterocycles. The fourth-order valence-electron chi connectivity index (χ4n) is 3.77. The van der Waals surface area contributed by atoms with Crippen LogP contribution in [0.5, 0.6) is 0 Å². The highest BCUT2D eigenvalue weighted by Crippen LogP contribution is 2.27. The minimum Gasteiger partial charge on any atom is -0.465 e. The van der Waals surface area contributed by atoms with E-state index >= 15 is 0 Å². The number of likely N-dealkylation sites (tertiary alicyclic amines) is 1. The van der Waals surface area contributed by atoms with Gasteiger partial charge in [-0.05, 0) is 44.0 Å². The number of methoxy groups -OCH3 is 2. The smallest absolute Gasteiger partial charge is 0.345 e. The lowest BCUT2D eigenvalue weighted by Crippen LogP contribution is -2.38. The van der Waals surface area contributed by atoms with Crippen LogP contribution in [0, 0.1) is 0 Å². The predicted octanol–water partition coefficient (Wildman–Crippen LogP) is 1.52. The number of nitrogens with zero attached hydrogens (tertiary/aromatic N) is 4. The largest absolute Gasteiger partial charge is 0.465 e. The molecule has 1 aromatic heterocycles. The van der Waals surface area contributed by atoms with Crippen LogP contribution in [-0.4, -0.2) is 65.0 Å². The second kappa shape index (κ2) is 9.71. The summed E-state index contributed by atoms with van der Waals surface area (Å²) in [7, 11) is 2.92. The molecular weight excluding hydrogens is 388 g/mol. The zero-order valence-electron chi connectivity index (χ0n) is 17.7. The molecule has 9 nitrogen and oxygen atoms in total. The van der Waals surface area contributed by atoms with Crippen molar-refractivity contribution < 1.29 is 19.1 Å². The first-order chi connectivity index (χ1) is 14.5. The minimum absolute atomic E-state index is 0.0663. The number of rotatable bonds is 7. The number of hydrogen-bond donors (Lipinski definition) is 0. The van der Waals surface area contributed by atoms with Crippen molar-refractivity contribution in [3.8, 4) is 0 Å². The highest BCUT2D eigenvalue weighted by Gasteiger charge is 2.28. The Balaban J connectivity index is 1.66. The van der Waals surface area contributed by atoms with Gasteiger partial charge in [0.05, 0.1) is 25.8 Å². The molecule has 0 bridgehead atoms. The van der Waals surface area contributed by atoms with Crippen LogP contribution < -0.4 is 5.69 Å². The van der Waals surface area contributed by atoms with Gasteiger partial charge in [-0.3, -0.25) is 9.36 Å². The number of carbonyl (C=O) groups excluding carboxylic acids is 2. The van der Waals surface area contributed by atoms with Gasteiger partial charge in [-0.1, -0.05) is 0 Å². The molecule has 0 saturated carbocycles. The van der Waals surface area contributed by atoms with Gasteiger partial charge >= 0.3 is 11.7 Å². The Morgan fingerprint density at radius 3 is 2.30 bits per heavy atom. The van der Waals surface area contributed by atoms with Gasteiger partial charge in [-0.2, -0.15) is 5.10 Å². The zero-order chi connectivity index (χ0) is 21.7. The number of aromatic nitrogens is 3. The van der Waals surface area contributed by atoms with Crippen molar-refractivity contribution in [1.29, 1.82) is 0 Å². The first-order valence-electron chi connectivity index (χ1n) is 10.1.